The first-order valence-electron chi connectivity index (χ1n) is 6.45. The van der Waals surface area contributed by atoms with Crippen molar-refractivity contribution in [1.29, 1.82) is 0 Å². The first kappa shape index (κ1) is 12.0. The van der Waals surface area contributed by atoms with Crippen LogP contribution in [-0.2, 0) is 6.42 Å². The summed E-state index contributed by atoms with van der Waals surface area (Å²) in [6.45, 7) is 2.14. The molecule has 5 nitrogen and oxygen atoms in total. The number of hydrogen-bond donors (Lipinski definition) is 2. The van der Waals surface area contributed by atoms with Gasteiger partial charge in [-0.25, -0.2) is 0 Å². The summed E-state index contributed by atoms with van der Waals surface area (Å²) in [6, 6.07) is 6.02. The quantitative estimate of drug-likeness (QED) is 0.875. The Hall–Kier alpha value is -2.01. The number of ether oxygens (including phenoxy) is 2. The zero-order chi connectivity index (χ0) is 13.1. The lowest BCUT2D eigenvalue weighted by atomic mass is 10.0. The second kappa shape index (κ2) is 5.32. The Morgan fingerprint density at radius 2 is 2.11 bits per heavy atom. The maximum absolute atomic E-state index is 5.62. The molecule has 0 atom stereocenters. The Labute approximate surface area is 111 Å². The summed E-state index contributed by atoms with van der Waals surface area (Å²) in [7, 11) is 1.94. The minimum absolute atomic E-state index is 0.606. The van der Waals surface area contributed by atoms with Gasteiger partial charge in [-0.1, -0.05) is 6.07 Å². The molecule has 0 fully saturated rings. The van der Waals surface area contributed by atoms with Gasteiger partial charge in [-0.05, 0) is 24.7 Å². The molecule has 2 aromatic rings. The Kier molecular flexibility index (Phi) is 3.37. The van der Waals surface area contributed by atoms with Crippen molar-refractivity contribution >= 4 is 0 Å². The fraction of sp³-hybridized carbons (Fsp3) is 0.357. The van der Waals surface area contributed by atoms with Crippen molar-refractivity contribution in [3.63, 3.8) is 0 Å². The molecular weight excluding hydrogens is 242 g/mol. The number of benzene rings is 1. The summed E-state index contributed by atoms with van der Waals surface area (Å²) in [5.41, 5.74) is 3.35. The van der Waals surface area contributed by atoms with Crippen molar-refractivity contribution in [3.05, 3.63) is 30.1 Å². The molecular formula is C14H17N3O2. The second-order valence-electron chi connectivity index (χ2n) is 4.47. The number of aromatic amines is 1. The van der Waals surface area contributed by atoms with Crippen molar-refractivity contribution < 1.29 is 9.47 Å². The predicted molar refractivity (Wildman–Crippen MR) is 72.6 cm³/mol. The van der Waals surface area contributed by atoms with Gasteiger partial charge in [-0.2, -0.15) is 5.10 Å². The number of nitrogens with zero attached hydrogens (tertiary/aromatic N) is 1. The minimum atomic E-state index is 0.606. The third kappa shape index (κ3) is 2.42. The van der Waals surface area contributed by atoms with Gasteiger partial charge in [0.1, 0.15) is 13.2 Å². The maximum Gasteiger partial charge on any atom is 0.161 e. The lowest BCUT2D eigenvalue weighted by Gasteiger charge is -2.18. The zero-order valence-electron chi connectivity index (χ0n) is 10.9. The second-order valence-corrected chi connectivity index (χ2v) is 4.47. The van der Waals surface area contributed by atoms with Crippen LogP contribution < -0.4 is 14.8 Å². The van der Waals surface area contributed by atoms with Crippen LogP contribution >= 0.6 is 0 Å². The van der Waals surface area contributed by atoms with Crippen molar-refractivity contribution in [2.45, 2.75) is 6.42 Å². The molecule has 0 amide bonds. The number of nitrogens with one attached hydrogen (secondary N) is 2. The van der Waals surface area contributed by atoms with E-state index in [-0.39, 0.29) is 0 Å². The highest BCUT2D eigenvalue weighted by atomic mass is 16.6. The SMILES string of the molecule is CNCCc1[nH]ncc1-c1ccc2c(c1)OCCO2. The van der Waals surface area contributed by atoms with Crippen LogP contribution in [0.1, 0.15) is 5.69 Å². The van der Waals surface area contributed by atoms with Crippen LogP contribution in [0.4, 0.5) is 0 Å². The molecule has 0 spiro atoms. The Bertz CT molecular complexity index is 566. The van der Waals surface area contributed by atoms with E-state index in [1.165, 1.54) is 0 Å². The Balaban J connectivity index is 1.91. The van der Waals surface area contributed by atoms with Crippen LogP contribution in [0.5, 0.6) is 11.5 Å². The van der Waals surface area contributed by atoms with Crippen LogP contribution in [0, 0.1) is 0 Å². The molecule has 1 aliphatic heterocycles. The van der Waals surface area contributed by atoms with Crippen LogP contribution in [-0.4, -0.2) is 37.0 Å². The van der Waals surface area contributed by atoms with Gasteiger partial charge < -0.3 is 14.8 Å². The normalized spacial score (nSPS) is 13.5. The summed E-state index contributed by atoms with van der Waals surface area (Å²) < 4.78 is 11.1. The lowest BCUT2D eigenvalue weighted by molar-refractivity contribution is 0.171. The van der Waals surface area contributed by atoms with E-state index in [0.29, 0.717) is 13.2 Å². The maximum atomic E-state index is 5.62. The molecule has 0 saturated carbocycles. The molecule has 0 bridgehead atoms. The standard InChI is InChI=1S/C14H17N3O2/c1-15-5-4-12-11(9-16-17-12)10-2-3-13-14(8-10)19-7-6-18-13/h2-3,8-9,15H,4-7H2,1H3,(H,16,17). The molecule has 3 rings (SSSR count). The van der Waals surface area contributed by atoms with Crippen LogP contribution in [0.2, 0.25) is 0 Å². The summed E-state index contributed by atoms with van der Waals surface area (Å²) in [4.78, 5) is 0. The summed E-state index contributed by atoms with van der Waals surface area (Å²) >= 11 is 0. The van der Waals surface area contributed by atoms with E-state index in [9.17, 15) is 0 Å². The molecule has 5 heteroatoms. The molecule has 0 unspecified atom stereocenters. The molecule has 2 heterocycles. The number of aromatic nitrogens is 2. The number of hydrogen-bond acceptors (Lipinski definition) is 4. The third-order valence-corrected chi connectivity index (χ3v) is 3.20. The highest BCUT2D eigenvalue weighted by Gasteiger charge is 2.14. The topological polar surface area (TPSA) is 59.2 Å². The zero-order valence-corrected chi connectivity index (χ0v) is 10.9. The lowest BCUT2D eigenvalue weighted by Crippen LogP contribution is -2.15. The van der Waals surface area contributed by atoms with Gasteiger partial charge in [0.2, 0.25) is 0 Å². The van der Waals surface area contributed by atoms with E-state index in [1.807, 2.05) is 31.4 Å². The van der Waals surface area contributed by atoms with Crippen LogP contribution in [0.3, 0.4) is 0 Å². The van der Waals surface area contributed by atoms with E-state index >= 15 is 0 Å². The molecule has 1 aliphatic rings. The molecule has 19 heavy (non-hydrogen) atoms. The molecule has 1 aromatic heterocycles. The van der Waals surface area contributed by atoms with Crippen molar-refractivity contribution in [1.82, 2.24) is 15.5 Å². The molecule has 1 aromatic carbocycles. The van der Waals surface area contributed by atoms with E-state index in [2.05, 4.69) is 15.5 Å². The number of likely N-dealkylation sites (N-methyl/N-ethyl adjacent to an activating group) is 1. The van der Waals surface area contributed by atoms with Crippen LogP contribution in [0.15, 0.2) is 24.4 Å². The fourth-order valence-electron chi connectivity index (χ4n) is 2.21. The largest absolute Gasteiger partial charge is 0.486 e. The Morgan fingerprint density at radius 1 is 1.26 bits per heavy atom. The summed E-state index contributed by atoms with van der Waals surface area (Å²) in [5, 5.41) is 10.3. The smallest absolute Gasteiger partial charge is 0.161 e. The van der Waals surface area contributed by atoms with E-state index in [4.69, 9.17) is 9.47 Å². The predicted octanol–water partition coefficient (Wildman–Crippen LogP) is 1.61. The number of rotatable bonds is 4. The van der Waals surface area contributed by atoms with Gasteiger partial charge in [0.05, 0.1) is 6.20 Å². The minimum Gasteiger partial charge on any atom is -0.486 e. The van der Waals surface area contributed by atoms with Crippen molar-refractivity contribution in [2.75, 3.05) is 26.8 Å². The van der Waals surface area contributed by atoms with Gasteiger partial charge >= 0.3 is 0 Å². The van der Waals surface area contributed by atoms with E-state index in [1.54, 1.807) is 0 Å². The summed E-state index contributed by atoms with van der Waals surface area (Å²) in [6.07, 6.45) is 2.77. The monoisotopic (exact) mass is 259 g/mol. The average molecular weight is 259 g/mol. The molecule has 2 N–H and O–H groups in total. The van der Waals surface area contributed by atoms with Crippen molar-refractivity contribution in [2.24, 2.45) is 0 Å². The third-order valence-electron chi connectivity index (χ3n) is 3.20. The van der Waals surface area contributed by atoms with Gasteiger partial charge in [0.25, 0.3) is 0 Å². The van der Waals surface area contributed by atoms with Crippen LogP contribution in [0.25, 0.3) is 11.1 Å². The first-order chi connectivity index (χ1) is 9.38. The first-order valence-corrected chi connectivity index (χ1v) is 6.45. The van der Waals surface area contributed by atoms with Gasteiger partial charge in [-0.15, -0.1) is 0 Å². The molecule has 100 valence electrons. The average Bonchev–Trinajstić information content (AvgIpc) is 2.93. The van der Waals surface area contributed by atoms with Gasteiger partial charge in [-0.3, -0.25) is 5.10 Å². The van der Waals surface area contributed by atoms with Gasteiger partial charge in [0, 0.05) is 24.2 Å². The van der Waals surface area contributed by atoms with Crippen molar-refractivity contribution in [3.8, 4) is 22.6 Å². The highest BCUT2D eigenvalue weighted by molar-refractivity contribution is 5.68. The fourth-order valence-corrected chi connectivity index (χ4v) is 2.21. The highest BCUT2D eigenvalue weighted by Crippen LogP contribution is 2.35. The number of H-pyrrole nitrogens is 1. The molecule has 0 aliphatic carbocycles. The number of fused-ring (bicyclic) bond motifs is 1. The molecule has 0 radical (unpaired) electrons. The summed E-state index contributed by atoms with van der Waals surface area (Å²) in [5.74, 6) is 1.62. The van der Waals surface area contributed by atoms with E-state index in [0.717, 1.165) is 41.3 Å². The Morgan fingerprint density at radius 3 is 2.95 bits per heavy atom. The molecule has 0 saturated heterocycles. The van der Waals surface area contributed by atoms with E-state index < -0.39 is 0 Å². The van der Waals surface area contributed by atoms with Gasteiger partial charge in [0.15, 0.2) is 11.5 Å².